The summed E-state index contributed by atoms with van der Waals surface area (Å²) >= 11 is 0. The number of aryl methyl sites for hydroxylation is 2. The number of amides is 1. The third-order valence-corrected chi connectivity index (χ3v) is 4.41. The van der Waals surface area contributed by atoms with Crippen LogP contribution < -0.4 is 15.4 Å². The summed E-state index contributed by atoms with van der Waals surface area (Å²) < 4.78 is 5.32. The van der Waals surface area contributed by atoms with E-state index in [4.69, 9.17) is 4.74 Å². The third-order valence-electron chi connectivity index (χ3n) is 4.41. The van der Waals surface area contributed by atoms with Gasteiger partial charge in [-0.2, -0.15) is 0 Å². The predicted octanol–water partition coefficient (Wildman–Crippen LogP) is 3.82. The molecular formula is C22H24N4O2. The van der Waals surface area contributed by atoms with Crippen molar-refractivity contribution in [3.8, 4) is 5.75 Å². The minimum Gasteiger partial charge on any atom is -0.496 e. The van der Waals surface area contributed by atoms with Crippen LogP contribution in [0.25, 0.3) is 0 Å². The first-order valence-corrected chi connectivity index (χ1v) is 9.13. The summed E-state index contributed by atoms with van der Waals surface area (Å²) in [4.78, 5) is 20.8. The summed E-state index contributed by atoms with van der Waals surface area (Å²) in [7, 11) is 1.64. The van der Waals surface area contributed by atoms with E-state index in [1.807, 2.05) is 38.1 Å². The normalized spacial score (nSPS) is 10.4. The van der Waals surface area contributed by atoms with E-state index in [-0.39, 0.29) is 11.6 Å². The lowest BCUT2D eigenvalue weighted by atomic mass is 10.1. The molecule has 0 aliphatic carbocycles. The van der Waals surface area contributed by atoms with Gasteiger partial charge in [0.25, 0.3) is 5.91 Å². The molecule has 3 rings (SSSR count). The molecule has 6 heteroatoms. The zero-order valence-electron chi connectivity index (χ0n) is 16.3. The second-order valence-corrected chi connectivity index (χ2v) is 6.55. The number of aromatic nitrogens is 2. The van der Waals surface area contributed by atoms with Crippen molar-refractivity contribution in [1.29, 1.82) is 0 Å². The second kappa shape index (κ2) is 8.99. The van der Waals surface area contributed by atoms with Crippen LogP contribution in [-0.2, 0) is 6.42 Å². The number of benzene rings is 2. The fourth-order valence-electron chi connectivity index (χ4n) is 2.83. The number of carbonyl (C=O) groups excluding carboxylic acids is 1. The van der Waals surface area contributed by atoms with E-state index >= 15 is 0 Å². The molecule has 0 saturated heterocycles. The Labute approximate surface area is 165 Å². The number of nitrogens with one attached hydrogen (secondary N) is 2. The molecule has 1 amide bonds. The fraction of sp³-hybridized carbons (Fsp3) is 0.227. The van der Waals surface area contributed by atoms with Crippen molar-refractivity contribution in [1.82, 2.24) is 15.3 Å². The molecule has 0 atom stereocenters. The van der Waals surface area contributed by atoms with Crippen molar-refractivity contribution >= 4 is 17.4 Å². The molecule has 6 nitrogen and oxygen atoms in total. The number of methoxy groups -OCH3 is 1. The first kappa shape index (κ1) is 19.4. The van der Waals surface area contributed by atoms with Crippen molar-refractivity contribution < 1.29 is 9.53 Å². The minimum absolute atomic E-state index is 0.249. The maximum Gasteiger partial charge on any atom is 0.271 e. The van der Waals surface area contributed by atoms with Crippen LogP contribution in [0, 0.1) is 13.8 Å². The maximum absolute atomic E-state index is 12.3. The summed E-state index contributed by atoms with van der Waals surface area (Å²) in [6.45, 7) is 4.55. The Balaban J connectivity index is 1.57. The molecule has 1 aromatic heterocycles. The topological polar surface area (TPSA) is 76.1 Å². The Bertz CT molecular complexity index is 955. The van der Waals surface area contributed by atoms with E-state index in [1.54, 1.807) is 13.3 Å². The van der Waals surface area contributed by atoms with E-state index in [9.17, 15) is 4.79 Å². The van der Waals surface area contributed by atoms with Gasteiger partial charge in [0.2, 0.25) is 0 Å². The van der Waals surface area contributed by atoms with Gasteiger partial charge in [-0.05, 0) is 49.1 Å². The zero-order valence-corrected chi connectivity index (χ0v) is 16.3. The Morgan fingerprint density at radius 3 is 2.64 bits per heavy atom. The lowest BCUT2D eigenvalue weighted by Crippen LogP contribution is -2.26. The Morgan fingerprint density at radius 1 is 1.07 bits per heavy atom. The van der Waals surface area contributed by atoms with Crippen LogP contribution >= 0.6 is 0 Å². The Morgan fingerprint density at radius 2 is 1.89 bits per heavy atom. The minimum atomic E-state index is -0.249. The van der Waals surface area contributed by atoms with Crippen molar-refractivity contribution in [2.75, 3.05) is 19.0 Å². The molecule has 144 valence electrons. The highest BCUT2D eigenvalue weighted by Crippen LogP contribution is 2.20. The van der Waals surface area contributed by atoms with Gasteiger partial charge in [0.05, 0.1) is 19.5 Å². The monoisotopic (exact) mass is 376 g/mol. The molecule has 0 aliphatic heterocycles. The number of rotatable bonds is 7. The molecular weight excluding hydrogens is 352 g/mol. The van der Waals surface area contributed by atoms with Gasteiger partial charge in [0.15, 0.2) is 0 Å². The van der Waals surface area contributed by atoms with Gasteiger partial charge in [0, 0.05) is 12.2 Å². The zero-order chi connectivity index (χ0) is 19.9. The van der Waals surface area contributed by atoms with Crippen LogP contribution in [0.1, 0.15) is 27.2 Å². The number of ether oxygens (including phenoxy) is 1. The molecule has 28 heavy (non-hydrogen) atoms. The molecule has 0 fully saturated rings. The number of hydrogen-bond donors (Lipinski definition) is 2. The molecule has 2 N–H and O–H groups in total. The van der Waals surface area contributed by atoms with Crippen LogP contribution in [0.5, 0.6) is 5.75 Å². The summed E-state index contributed by atoms with van der Waals surface area (Å²) in [5.41, 5.74) is 4.58. The molecule has 0 unspecified atom stereocenters. The van der Waals surface area contributed by atoms with Crippen molar-refractivity contribution in [3.63, 3.8) is 0 Å². The van der Waals surface area contributed by atoms with Gasteiger partial charge in [-0.15, -0.1) is 0 Å². The smallest absolute Gasteiger partial charge is 0.271 e. The molecule has 0 aliphatic rings. The van der Waals surface area contributed by atoms with Crippen molar-refractivity contribution in [2.45, 2.75) is 20.3 Å². The highest BCUT2D eigenvalue weighted by atomic mass is 16.5. The summed E-state index contributed by atoms with van der Waals surface area (Å²) in [6.07, 6.45) is 3.72. The standard InChI is InChI=1S/C22H24N4O2/c1-15-8-9-16(2)18(12-15)26-21-14-24-19(13-25-21)22(27)23-11-10-17-6-4-5-7-20(17)28-3/h4-9,12-14H,10-11H2,1-3H3,(H,23,27)(H,25,26). The molecule has 2 aromatic carbocycles. The fourth-order valence-corrected chi connectivity index (χ4v) is 2.83. The van der Waals surface area contributed by atoms with Crippen LogP contribution in [0.15, 0.2) is 54.9 Å². The first-order valence-electron chi connectivity index (χ1n) is 9.13. The third kappa shape index (κ3) is 4.85. The van der Waals surface area contributed by atoms with Gasteiger partial charge in [0.1, 0.15) is 17.3 Å². The van der Waals surface area contributed by atoms with Gasteiger partial charge in [-0.3, -0.25) is 4.79 Å². The maximum atomic E-state index is 12.3. The van der Waals surface area contributed by atoms with Crippen molar-refractivity contribution in [2.24, 2.45) is 0 Å². The average molecular weight is 376 g/mol. The van der Waals surface area contributed by atoms with E-state index in [1.165, 1.54) is 6.20 Å². The highest BCUT2D eigenvalue weighted by molar-refractivity contribution is 5.92. The molecule has 1 heterocycles. The summed E-state index contributed by atoms with van der Waals surface area (Å²) in [5.74, 6) is 1.17. The highest BCUT2D eigenvalue weighted by Gasteiger charge is 2.09. The van der Waals surface area contributed by atoms with Crippen LogP contribution in [0.4, 0.5) is 11.5 Å². The van der Waals surface area contributed by atoms with Crippen molar-refractivity contribution in [3.05, 3.63) is 77.2 Å². The van der Waals surface area contributed by atoms with Gasteiger partial charge >= 0.3 is 0 Å². The van der Waals surface area contributed by atoms with Gasteiger partial charge in [-0.1, -0.05) is 30.3 Å². The van der Waals surface area contributed by atoms with E-state index in [0.29, 0.717) is 18.8 Å². The quantitative estimate of drug-likeness (QED) is 0.656. The van der Waals surface area contributed by atoms with Crippen LogP contribution in [0.3, 0.4) is 0 Å². The number of anilines is 2. The molecule has 0 radical (unpaired) electrons. The SMILES string of the molecule is COc1ccccc1CCNC(=O)c1cnc(Nc2cc(C)ccc2C)cn1. The van der Waals surface area contributed by atoms with E-state index < -0.39 is 0 Å². The Hall–Kier alpha value is -3.41. The summed E-state index contributed by atoms with van der Waals surface area (Å²) in [5, 5.41) is 6.10. The number of hydrogen-bond acceptors (Lipinski definition) is 5. The number of nitrogens with zero attached hydrogens (tertiary/aromatic N) is 2. The lowest BCUT2D eigenvalue weighted by Gasteiger charge is -2.10. The first-order chi connectivity index (χ1) is 13.6. The average Bonchev–Trinajstić information content (AvgIpc) is 2.71. The number of para-hydroxylation sites is 1. The van der Waals surface area contributed by atoms with E-state index in [2.05, 4.69) is 38.8 Å². The van der Waals surface area contributed by atoms with E-state index in [0.717, 1.165) is 28.1 Å². The van der Waals surface area contributed by atoms with Gasteiger partial charge in [-0.25, -0.2) is 9.97 Å². The van der Waals surface area contributed by atoms with Crippen LogP contribution in [-0.4, -0.2) is 29.5 Å². The number of carbonyl (C=O) groups is 1. The largest absolute Gasteiger partial charge is 0.496 e. The van der Waals surface area contributed by atoms with Gasteiger partial charge < -0.3 is 15.4 Å². The predicted molar refractivity (Wildman–Crippen MR) is 110 cm³/mol. The second-order valence-electron chi connectivity index (χ2n) is 6.55. The Kier molecular flexibility index (Phi) is 6.22. The summed E-state index contributed by atoms with van der Waals surface area (Å²) in [6, 6.07) is 13.9. The molecule has 0 bridgehead atoms. The molecule has 0 spiro atoms. The molecule has 3 aromatic rings. The lowest BCUT2D eigenvalue weighted by molar-refractivity contribution is 0.0948. The molecule has 0 saturated carbocycles. The van der Waals surface area contributed by atoms with Crippen LogP contribution in [0.2, 0.25) is 0 Å².